The fourth-order valence-corrected chi connectivity index (χ4v) is 6.59. The van der Waals surface area contributed by atoms with E-state index in [2.05, 4.69) is 25.4 Å². The summed E-state index contributed by atoms with van der Waals surface area (Å²) in [7, 11) is 0. The van der Waals surface area contributed by atoms with Gasteiger partial charge in [-0.2, -0.15) is 19.0 Å². The van der Waals surface area contributed by atoms with Crippen molar-refractivity contribution in [1.29, 1.82) is 0 Å². The molecule has 1 N–H and O–H groups in total. The Kier molecular flexibility index (Phi) is 7.64. The van der Waals surface area contributed by atoms with Gasteiger partial charge >= 0.3 is 6.61 Å². The van der Waals surface area contributed by atoms with Crippen LogP contribution in [0, 0.1) is 0 Å². The highest BCUT2D eigenvalue weighted by molar-refractivity contribution is 6.31. The second kappa shape index (κ2) is 11.7. The number of carbonyl (C=O) groups excluding carboxylic acids is 2. The van der Waals surface area contributed by atoms with E-state index in [1.165, 1.54) is 46.0 Å². The van der Waals surface area contributed by atoms with Crippen LogP contribution in [-0.4, -0.2) is 97.0 Å². The van der Waals surface area contributed by atoms with Gasteiger partial charge in [0.15, 0.2) is 5.65 Å². The molecule has 7 rings (SSSR count). The third kappa shape index (κ3) is 5.60. The molecule has 3 saturated heterocycles. The number of rotatable bonds is 8. The van der Waals surface area contributed by atoms with Gasteiger partial charge in [0.1, 0.15) is 23.6 Å². The van der Waals surface area contributed by atoms with E-state index in [4.69, 9.17) is 21.1 Å². The Morgan fingerprint density at radius 1 is 1.20 bits per heavy atom. The number of benzene rings is 1. The number of likely N-dealkylation sites (tertiary alicyclic amines) is 2. The van der Waals surface area contributed by atoms with Crippen LogP contribution in [0.4, 0.5) is 14.5 Å². The first kappa shape index (κ1) is 28.6. The van der Waals surface area contributed by atoms with E-state index in [1.54, 1.807) is 12.3 Å². The number of anilines is 1. The Bertz CT molecular complexity index is 1710. The average Bonchev–Trinajstić information content (AvgIpc) is 3.82. The summed E-state index contributed by atoms with van der Waals surface area (Å²) < 4.78 is 39.9. The van der Waals surface area contributed by atoms with Crippen LogP contribution in [0.15, 0.2) is 49.1 Å². The van der Waals surface area contributed by atoms with E-state index in [-0.39, 0.29) is 45.7 Å². The lowest BCUT2D eigenvalue weighted by Crippen LogP contribution is -2.51. The van der Waals surface area contributed by atoms with Crippen LogP contribution in [0.2, 0.25) is 5.02 Å². The minimum absolute atomic E-state index is 0.110. The molecule has 2 unspecified atom stereocenters. The van der Waals surface area contributed by atoms with Crippen LogP contribution < -0.4 is 10.1 Å². The Hall–Kier alpha value is -4.14. The van der Waals surface area contributed by atoms with Crippen molar-refractivity contribution in [2.24, 2.45) is 0 Å². The summed E-state index contributed by atoms with van der Waals surface area (Å²) in [4.78, 5) is 35.3. The van der Waals surface area contributed by atoms with Crippen LogP contribution in [0.5, 0.6) is 5.75 Å². The minimum atomic E-state index is -3.10. The molecular weight excluding hydrogens is 598 g/mol. The zero-order valence-electron chi connectivity index (χ0n) is 23.5. The Labute approximate surface area is 255 Å². The Morgan fingerprint density at radius 3 is 2.80 bits per heavy atom. The lowest BCUT2D eigenvalue weighted by Gasteiger charge is -2.40. The number of hydrogen-bond acceptors (Lipinski definition) is 8. The summed E-state index contributed by atoms with van der Waals surface area (Å²) in [6.07, 6.45) is 9.24. The zero-order valence-corrected chi connectivity index (χ0v) is 24.2. The van der Waals surface area contributed by atoms with Crippen LogP contribution >= 0.6 is 11.6 Å². The van der Waals surface area contributed by atoms with E-state index >= 15 is 0 Å². The maximum atomic E-state index is 13.4. The Balaban J connectivity index is 1.13. The molecule has 6 heterocycles. The van der Waals surface area contributed by atoms with Crippen molar-refractivity contribution in [1.82, 2.24) is 34.2 Å². The number of alkyl halides is 2. The molecule has 0 radical (unpaired) electrons. The number of hydrogen-bond donors (Lipinski definition) is 1. The molecule has 3 fully saturated rings. The quantitative estimate of drug-likeness (QED) is 0.315. The van der Waals surface area contributed by atoms with Gasteiger partial charge in [-0.25, -0.2) is 9.50 Å². The van der Waals surface area contributed by atoms with Gasteiger partial charge in [-0.1, -0.05) is 11.6 Å². The van der Waals surface area contributed by atoms with Crippen LogP contribution in [0.25, 0.3) is 16.9 Å². The molecule has 4 aromatic rings. The molecule has 2 amide bonds. The molecular formula is C29H29ClF2N8O4. The van der Waals surface area contributed by atoms with Gasteiger partial charge in [-0.05, 0) is 43.5 Å². The van der Waals surface area contributed by atoms with E-state index < -0.39 is 12.5 Å². The largest absolute Gasteiger partial charge is 0.434 e. The molecule has 2 atom stereocenters. The second-order valence-electron chi connectivity index (χ2n) is 11.2. The molecule has 2 bridgehead atoms. The van der Waals surface area contributed by atoms with Crippen LogP contribution in [0.3, 0.4) is 0 Å². The summed E-state index contributed by atoms with van der Waals surface area (Å²) in [5.74, 6) is -0.867. The smallest absolute Gasteiger partial charge is 0.387 e. The molecule has 230 valence electrons. The molecule has 0 spiro atoms. The van der Waals surface area contributed by atoms with Crippen molar-refractivity contribution in [2.75, 3.05) is 31.6 Å². The van der Waals surface area contributed by atoms with Crippen molar-refractivity contribution >= 4 is 34.7 Å². The highest BCUT2D eigenvalue weighted by Gasteiger charge is 2.43. The zero-order chi connectivity index (χ0) is 30.4. The maximum absolute atomic E-state index is 13.4. The lowest BCUT2D eigenvalue weighted by atomic mass is 10.0. The van der Waals surface area contributed by atoms with Crippen molar-refractivity contribution < 1.29 is 27.8 Å². The van der Waals surface area contributed by atoms with Crippen LogP contribution in [-0.2, 0) is 16.1 Å². The number of nitrogens with zero attached hydrogens (tertiary/aromatic N) is 7. The lowest BCUT2D eigenvalue weighted by molar-refractivity contribution is -0.133. The van der Waals surface area contributed by atoms with Gasteiger partial charge in [0.2, 0.25) is 5.91 Å². The summed E-state index contributed by atoms with van der Waals surface area (Å²) in [6.45, 7) is -0.224. The SMILES string of the molecule is O=C(Nc1cn(CC(=O)N2CCC(N3CC4CC3CO4)CC2)nc1-c1cc(Cl)ccc1OC(F)F)c1cnn2cccnc12. The van der Waals surface area contributed by atoms with E-state index in [0.717, 1.165) is 32.4 Å². The molecule has 3 aromatic heterocycles. The molecule has 15 heteroatoms. The fourth-order valence-electron chi connectivity index (χ4n) is 6.42. The number of piperidine rings is 1. The molecule has 12 nitrogen and oxygen atoms in total. The van der Waals surface area contributed by atoms with Gasteiger partial charge in [0, 0.05) is 60.9 Å². The number of aromatic nitrogens is 5. The van der Waals surface area contributed by atoms with Crippen molar-refractivity contribution in [3.63, 3.8) is 0 Å². The second-order valence-corrected chi connectivity index (χ2v) is 11.6. The predicted molar refractivity (Wildman–Crippen MR) is 155 cm³/mol. The van der Waals surface area contributed by atoms with Crippen LogP contribution in [0.1, 0.15) is 29.6 Å². The summed E-state index contributed by atoms with van der Waals surface area (Å²) >= 11 is 6.22. The number of ether oxygens (including phenoxy) is 2. The average molecular weight is 627 g/mol. The molecule has 0 aliphatic carbocycles. The maximum Gasteiger partial charge on any atom is 0.387 e. The monoisotopic (exact) mass is 626 g/mol. The molecule has 3 aliphatic heterocycles. The predicted octanol–water partition coefficient (Wildman–Crippen LogP) is 3.56. The van der Waals surface area contributed by atoms with Gasteiger partial charge in [0.05, 0.1) is 24.6 Å². The van der Waals surface area contributed by atoms with Gasteiger partial charge in [-0.15, -0.1) is 0 Å². The molecule has 0 saturated carbocycles. The van der Waals surface area contributed by atoms with E-state index in [1.807, 2.05) is 4.90 Å². The topological polar surface area (TPSA) is 119 Å². The van der Waals surface area contributed by atoms with Crippen molar-refractivity contribution in [3.05, 3.63) is 59.6 Å². The number of amides is 2. The minimum Gasteiger partial charge on any atom is -0.434 e. The van der Waals surface area contributed by atoms with E-state index in [0.29, 0.717) is 36.9 Å². The molecule has 3 aliphatic rings. The molecule has 1 aromatic carbocycles. The summed E-state index contributed by atoms with van der Waals surface area (Å²) in [6, 6.07) is 6.72. The summed E-state index contributed by atoms with van der Waals surface area (Å²) in [5.41, 5.74) is 0.928. The van der Waals surface area contributed by atoms with E-state index in [9.17, 15) is 18.4 Å². The third-order valence-electron chi connectivity index (χ3n) is 8.47. The number of fused-ring (bicyclic) bond motifs is 3. The standard InChI is InChI=1S/C29H29ClF2N8O4/c30-17-2-3-24(44-29(31)32)21(10-17)26-23(35-28(42)22-12-34-40-7-1-6-33-27(22)40)14-38(36-26)15-25(41)37-8-4-18(5-9-37)39-13-20-11-19(39)16-43-20/h1-3,6-7,10,12,14,18-20,29H,4-5,8-9,11,13,15-16H2,(H,35,42). The summed E-state index contributed by atoms with van der Waals surface area (Å²) in [5, 5.41) is 11.7. The molecule has 44 heavy (non-hydrogen) atoms. The first-order chi connectivity index (χ1) is 21.3. The number of carbonyl (C=O) groups is 2. The van der Waals surface area contributed by atoms with Gasteiger partial charge < -0.3 is 19.7 Å². The van der Waals surface area contributed by atoms with Gasteiger partial charge in [-0.3, -0.25) is 19.2 Å². The first-order valence-corrected chi connectivity index (χ1v) is 14.8. The highest BCUT2D eigenvalue weighted by atomic mass is 35.5. The number of morpholine rings is 1. The van der Waals surface area contributed by atoms with Crippen molar-refractivity contribution in [3.8, 4) is 17.0 Å². The fraction of sp³-hybridized carbons (Fsp3) is 0.414. The normalized spacial score (nSPS) is 20.6. The highest BCUT2D eigenvalue weighted by Crippen LogP contribution is 2.37. The third-order valence-corrected chi connectivity index (χ3v) is 8.71. The van der Waals surface area contributed by atoms with Crippen molar-refractivity contribution in [2.45, 2.75) is 50.6 Å². The number of halogens is 3. The number of nitrogens with one attached hydrogen (secondary N) is 1. The Morgan fingerprint density at radius 2 is 2.05 bits per heavy atom. The van der Waals surface area contributed by atoms with Gasteiger partial charge in [0.25, 0.3) is 5.91 Å². The first-order valence-electron chi connectivity index (χ1n) is 14.4.